The fourth-order valence-electron chi connectivity index (χ4n) is 2.06. The van der Waals surface area contributed by atoms with Gasteiger partial charge in [0.25, 0.3) is 5.91 Å². The third-order valence-corrected chi connectivity index (χ3v) is 3.68. The van der Waals surface area contributed by atoms with Gasteiger partial charge in [0.1, 0.15) is 0 Å². The van der Waals surface area contributed by atoms with Gasteiger partial charge >= 0.3 is 0 Å². The molecule has 0 saturated carbocycles. The number of amides is 1. The Hall–Kier alpha value is -2.08. The molecule has 1 unspecified atom stereocenters. The Morgan fingerprint density at radius 3 is 2.79 bits per heavy atom. The van der Waals surface area contributed by atoms with E-state index in [0.29, 0.717) is 12.1 Å². The molecule has 0 saturated heterocycles. The molecule has 3 N–H and O–H groups in total. The average Bonchev–Trinajstić information content (AvgIpc) is 2.61. The third-order valence-electron chi connectivity index (χ3n) is 3.68. The van der Waals surface area contributed by atoms with Crippen LogP contribution in [0.5, 0.6) is 0 Å². The van der Waals surface area contributed by atoms with Gasteiger partial charge in [0.2, 0.25) is 0 Å². The van der Waals surface area contributed by atoms with E-state index >= 15 is 0 Å². The summed E-state index contributed by atoms with van der Waals surface area (Å²) in [5, 5.41) is 9.45. The molecule has 1 aromatic carbocycles. The molecule has 0 aliphatic carbocycles. The molecule has 134 valence electrons. The van der Waals surface area contributed by atoms with Gasteiger partial charge in [-0.1, -0.05) is 19.1 Å². The summed E-state index contributed by atoms with van der Waals surface area (Å²) >= 11 is 0. The van der Waals surface area contributed by atoms with E-state index in [9.17, 15) is 4.79 Å². The highest BCUT2D eigenvalue weighted by molar-refractivity contribution is 5.94. The summed E-state index contributed by atoms with van der Waals surface area (Å²) < 4.78 is 5.02. The number of rotatable bonds is 9. The molecule has 0 heterocycles. The predicted molar refractivity (Wildman–Crippen MR) is 98.4 cm³/mol. The molecule has 0 spiro atoms. The molecule has 0 aliphatic rings. The number of carbonyl (C=O) groups excluding carboxylic acids is 1. The quantitative estimate of drug-likeness (QED) is 0.366. The normalized spacial score (nSPS) is 12.6. The molecule has 1 rings (SSSR count). The minimum absolute atomic E-state index is 0.0340. The summed E-state index contributed by atoms with van der Waals surface area (Å²) in [4.78, 5) is 16.4. The van der Waals surface area contributed by atoms with Gasteiger partial charge < -0.3 is 20.7 Å². The maximum Gasteiger partial charge on any atom is 0.251 e. The lowest BCUT2D eigenvalue weighted by atomic mass is 10.1. The fraction of sp³-hybridized carbons (Fsp3) is 0.556. The molecule has 6 heteroatoms. The first-order chi connectivity index (χ1) is 11.6. The van der Waals surface area contributed by atoms with Crippen LogP contribution < -0.4 is 16.0 Å². The van der Waals surface area contributed by atoms with Gasteiger partial charge in [-0.25, -0.2) is 0 Å². The van der Waals surface area contributed by atoms with Gasteiger partial charge in [-0.3, -0.25) is 9.79 Å². The Kier molecular flexibility index (Phi) is 9.53. The van der Waals surface area contributed by atoms with Crippen molar-refractivity contribution in [3.05, 3.63) is 35.4 Å². The third kappa shape index (κ3) is 7.46. The first-order valence-electron chi connectivity index (χ1n) is 8.44. The van der Waals surface area contributed by atoms with Crippen molar-refractivity contribution in [1.29, 1.82) is 0 Å². The summed E-state index contributed by atoms with van der Waals surface area (Å²) in [5.41, 5.74) is 1.71. The highest BCUT2D eigenvalue weighted by Gasteiger charge is 2.09. The molecule has 0 aliphatic heterocycles. The van der Waals surface area contributed by atoms with Crippen LogP contribution in [0.3, 0.4) is 0 Å². The molecule has 0 radical (unpaired) electrons. The number of hydrogen-bond donors (Lipinski definition) is 3. The maximum absolute atomic E-state index is 12.2. The van der Waals surface area contributed by atoms with E-state index in [2.05, 4.69) is 27.9 Å². The van der Waals surface area contributed by atoms with E-state index in [0.717, 1.165) is 37.5 Å². The summed E-state index contributed by atoms with van der Waals surface area (Å²) in [6.45, 7) is 6.18. The van der Waals surface area contributed by atoms with E-state index in [1.807, 2.05) is 31.2 Å². The minimum atomic E-state index is -0.0340. The number of nitrogens with zero attached hydrogens (tertiary/aromatic N) is 1. The van der Waals surface area contributed by atoms with Crippen LogP contribution in [0.15, 0.2) is 29.3 Å². The van der Waals surface area contributed by atoms with Crippen LogP contribution in [0.1, 0.15) is 42.6 Å². The number of carbonyl (C=O) groups is 1. The zero-order valence-corrected chi connectivity index (χ0v) is 15.2. The van der Waals surface area contributed by atoms with Gasteiger partial charge in [-0.2, -0.15) is 0 Å². The Morgan fingerprint density at radius 1 is 1.33 bits per heavy atom. The van der Waals surface area contributed by atoms with Crippen molar-refractivity contribution < 1.29 is 9.53 Å². The summed E-state index contributed by atoms with van der Waals surface area (Å²) in [6.07, 6.45) is 1.83. The van der Waals surface area contributed by atoms with Gasteiger partial charge in [0, 0.05) is 45.5 Å². The van der Waals surface area contributed by atoms with E-state index in [-0.39, 0.29) is 11.9 Å². The monoisotopic (exact) mass is 334 g/mol. The van der Waals surface area contributed by atoms with Gasteiger partial charge in [0.05, 0.1) is 0 Å². The topological polar surface area (TPSA) is 74.8 Å². The molecule has 24 heavy (non-hydrogen) atoms. The van der Waals surface area contributed by atoms with Crippen LogP contribution in [0.2, 0.25) is 0 Å². The van der Waals surface area contributed by atoms with E-state index in [1.54, 1.807) is 14.2 Å². The summed E-state index contributed by atoms with van der Waals surface area (Å²) in [6, 6.07) is 7.80. The molecule has 1 amide bonds. The Labute approximate surface area is 145 Å². The highest BCUT2D eigenvalue weighted by Crippen LogP contribution is 2.06. The number of hydrogen-bond acceptors (Lipinski definition) is 3. The molecule has 0 aromatic heterocycles. The molecular formula is C18H30N4O2. The maximum atomic E-state index is 12.2. The molecule has 6 nitrogen and oxygen atoms in total. The Morgan fingerprint density at radius 2 is 2.12 bits per heavy atom. The highest BCUT2D eigenvalue weighted by atomic mass is 16.5. The smallest absolute Gasteiger partial charge is 0.251 e. The van der Waals surface area contributed by atoms with Crippen molar-refractivity contribution >= 4 is 11.9 Å². The predicted octanol–water partition coefficient (Wildman–Crippen LogP) is 1.92. The molecule has 1 atom stereocenters. The Bertz CT molecular complexity index is 532. The van der Waals surface area contributed by atoms with Crippen molar-refractivity contribution in [1.82, 2.24) is 16.0 Å². The SMILES string of the molecule is CCC(C)NC(=O)c1cccc(CNC(=NC)NCCCOC)c1. The summed E-state index contributed by atoms with van der Waals surface area (Å²) in [7, 11) is 3.43. The number of benzene rings is 1. The lowest BCUT2D eigenvalue weighted by Gasteiger charge is -2.13. The van der Waals surface area contributed by atoms with E-state index in [1.165, 1.54) is 0 Å². The number of guanidine groups is 1. The standard InChI is InChI=1S/C18H30N4O2/c1-5-14(2)22-17(23)16-9-6-8-15(12-16)13-21-18(19-3)20-10-7-11-24-4/h6,8-9,12,14H,5,7,10-11,13H2,1-4H3,(H,22,23)(H2,19,20,21). The zero-order valence-electron chi connectivity index (χ0n) is 15.2. The lowest BCUT2D eigenvalue weighted by molar-refractivity contribution is 0.0939. The molecular weight excluding hydrogens is 304 g/mol. The molecule has 0 bridgehead atoms. The Balaban J connectivity index is 2.53. The first-order valence-corrected chi connectivity index (χ1v) is 8.44. The van der Waals surface area contributed by atoms with Gasteiger partial charge in [0.15, 0.2) is 5.96 Å². The second-order valence-electron chi connectivity index (χ2n) is 5.68. The average molecular weight is 334 g/mol. The zero-order chi connectivity index (χ0) is 17.8. The van der Waals surface area contributed by atoms with E-state index in [4.69, 9.17) is 4.74 Å². The largest absolute Gasteiger partial charge is 0.385 e. The summed E-state index contributed by atoms with van der Waals surface area (Å²) in [5.74, 6) is 0.703. The number of aliphatic imine (C=N–C) groups is 1. The lowest BCUT2D eigenvalue weighted by Crippen LogP contribution is -2.37. The van der Waals surface area contributed by atoms with Gasteiger partial charge in [-0.05, 0) is 37.5 Å². The van der Waals surface area contributed by atoms with Crippen molar-refractivity contribution in [3.63, 3.8) is 0 Å². The van der Waals surface area contributed by atoms with Crippen LogP contribution in [0.25, 0.3) is 0 Å². The van der Waals surface area contributed by atoms with Crippen molar-refractivity contribution in [2.24, 2.45) is 4.99 Å². The number of nitrogens with one attached hydrogen (secondary N) is 3. The second-order valence-corrected chi connectivity index (χ2v) is 5.68. The minimum Gasteiger partial charge on any atom is -0.385 e. The van der Waals surface area contributed by atoms with Crippen molar-refractivity contribution in [2.75, 3.05) is 27.3 Å². The van der Waals surface area contributed by atoms with Crippen molar-refractivity contribution in [2.45, 2.75) is 39.3 Å². The van der Waals surface area contributed by atoms with Gasteiger partial charge in [-0.15, -0.1) is 0 Å². The van der Waals surface area contributed by atoms with Crippen LogP contribution in [-0.4, -0.2) is 45.2 Å². The molecule has 0 fully saturated rings. The second kappa shape index (κ2) is 11.5. The first kappa shape index (κ1) is 20.0. The fourth-order valence-corrected chi connectivity index (χ4v) is 2.06. The van der Waals surface area contributed by atoms with Crippen LogP contribution in [0, 0.1) is 0 Å². The van der Waals surface area contributed by atoms with Crippen LogP contribution in [-0.2, 0) is 11.3 Å². The number of ether oxygens (including phenoxy) is 1. The van der Waals surface area contributed by atoms with Crippen LogP contribution >= 0.6 is 0 Å². The van der Waals surface area contributed by atoms with E-state index < -0.39 is 0 Å². The van der Waals surface area contributed by atoms with Crippen molar-refractivity contribution in [3.8, 4) is 0 Å². The number of methoxy groups -OCH3 is 1. The molecule has 1 aromatic rings. The van der Waals surface area contributed by atoms with Crippen LogP contribution in [0.4, 0.5) is 0 Å².